The smallest absolute Gasteiger partial charge is 0.310 e. The topological polar surface area (TPSA) is 54.4 Å². The number of aryl methyl sites for hydroxylation is 1. The molecule has 25 heavy (non-hydrogen) atoms. The molecule has 1 aromatic heterocycles. The maximum absolute atomic E-state index is 13.0. The van der Waals surface area contributed by atoms with Gasteiger partial charge in [0.1, 0.15) is 11.5 Å². The molecule has 2 heterocycles. The number of amides is 1. The average Bonchev–Trinajstić information content (AvgIpc) is 2.60. The van der Waals surface area contributed by atoms with Crippen LogP contribution in [0.5, 0.6) is 0 Å². The standard InChI is InChI=1S/C18H16F3N3O/c1-22-16-12-9-10-14(18(19,20)21)23-15(12)13(17(25)24-16)8-7-11-5-3-2-4-6-11/h2-6,9-10,13H,7-8H2,1H3,(H,22,24,25). The molecule has 1 atom stereocenters. The Morgan fingerprint density at radius 1 is 1.16 bits per heavy atom. The third-order valence-electron chi connectivity index (χ3n) is 4.15. The number of fused-ring (bicyclic) bond motifs is 1. The van der Waals surface area contributed by atoms with E-state index in [1.807, 2.05) is 30.3 Å². The molecule has 0 radical (unpaired) electrons. The number of aliphatic imine (C=N–C) groups is 1. The summed E-state index contributed by atoms with van der Waals surface area (Å²) >= 11 is 0. The lowest BCUT2D eigenvalue weighted by Crippen LogP contribution is -2.42. The van der Waals surface area contributed by atoms with Crippen LogP contribution < -0.4 is 5.32 Å². The van der Waals surface area contributed by atoms with Crippen molar-refractivity contribution in [3.8, 4) is 0 Å². The van der Waals surface area contributed by atoms with Crippen molar-refractivity contribution in [3.63, 3.8) is 0 Å². The van der Waals surface area contributed by atoms with E-state index in [0.717, 1.165) is 11.6 Å². The van der Waals surface area contributed by atoms with E-state index in [-0.39, 0.29) is 17.4 Å². The van der Waals surface area contributed by atoms with Gasteiger partial charge in [-0.1, -0.05) is 30.3 Å². The van der Waals surface area contributed by atoms with Crippen molar-refractivity contribution in [1.82, 2.24) is 10.3 Å². The number of hydrogen-bond acceptors (Lipinski definition) is 3. The highest BCUT2D eigenvalue weighted by Crippen LogP contribution is 2.33. The van der Waals surface area contributed by atoms with Crippen molar-refractivity contribution >= 4 is 11.7 Å². The number of nitrogens with zero attached hydrogens (tertiary/aromatic N) is 2. The first-order valence-electron chi connectivity index (χ1n) is 7.80. The summed E-state index contributed by atoms with van der Waals surface area (Å²) in [6.07, 6.45) is -3.63. The van der Waals surface area contributed by atoms with Crippen LogP contribution in [0.1, 0.15) is 34.9 Å². The van der Waals surface area contributed by atoms with Crippen LogP contribution in [0.2, 0.25) is 0 Å². The molecule has 0 bridgehead atoms. The fourth-order valence-corrected chi connectivity index (χ4v) is 2.89. The Labute approximate surface area is 142 Å². The van der Waals surface area contributed by atoms with E-state index in [2.05, 4.69) is 15.3 Å². The lowest BCUT2D eigenvalue weighted by molar-refractivity contribution is -0.141. The number of benzene rings is 1. The van der Waals surface area contributed by atoms with Crippen molar-refractivity contribution < 1.29 is 18.0 Å². The summed E-state index contributed by atoms with van der Waals surface area (Å²) in [5.41, 5.74) is 0.586. The Kier molecular flexibility index (Phi) is 4.57. The number of halogens is 3. The van der Waals surface area contributed by atoms with Crippen LogP contribution in [0.4, 0.5) is 13.2 Å². The lowest BCUT2D eigenvalue weighted by Gasteiger charge is -2.26. The number of hydrogen-bond donors (Lipinski definition) is 1. The Morgan fingerprint density at radius 2 is 1.88 bits per heavy atom. The van der Waals surface area contributed by atoms with Crippen LogP contribution in [0.25, 0.3) is 0 Å². The van der Waals surface area contributed by atoms with E-state index >= 15 is 0 Å². The van der Waals surface area contributed by atoms with Crippen molar-refractivity contribution in [2.24, 2.45) is 4.99 Å². The van der Waals surface area contributed by atoms with Crippen molar-refractivity contribution in [3.05, 3.63) is 65.0 Å². The molecule has 1 aliphatic heterocycles. The van der Waals surface area contributed by atoms with Gasteiger partial charge in [0.2, 0.25) is 5.91 Å². The van der Waals surface area contributed by atoms with E-state index < -0.39 is 17.8 Å². The van der Waals surface area contributed by atoms with Gasteiger partial charge < -0.3 is 5.32 Å². The minimum atomic E-state index is -4.56. The quantitative estimate of drug-likeness (QED) is 0.926. The molecular weight excluding hydrogens is 331 g/mol. The summed E-state index contributed by atoms with van der Waals surface area (Å²) in [7, 11) is 1.47. The van der Waals surface area contributed by atoms with Crippen molar-refractivity contribution in [2.45, 2.75) is 24.9 Å². The number of alkyl halides is 3. The number of rotatable bonds is 3. The SMILES string of the molecule is CN=C1NC(=O)C(CCc2ccccc2)c2nc(C(F)(F)F)ccc21. The third-order valence-corrected chi connectivity index (χ3v) is 4.15. The maximum atomic E-state index is 13.0. The van der Waals surface area contributed by atoms with Crippen molar-refractivity contribution in [2.75, 3.05) is 7.05 Å². The number of nitrogens with one attached hydrogen (secondary N) is 1. The third kappa shape index (κ3) is 3.55. The molecule has 3 rings (SSSR count). The molecule has 2 aromatic rings. The number of carbonyl (C=O) groups excluding carboxylic acids is 1. The molecular formula is C18H16F3N3O. The zero-order chi connectivity index (χ0) is 18.0. The monoisotopic (exact) mass is 347 g/mol. The highest BCUT2D eigenvalue weighted by atomic mass is 19.4. The summed E-state index contributed by atoms with van der Waals surface area (Å²) < 4.78 is 39.1. The predicted molar refractivity (Wildman–Crippen MR) is 87.3 cm³/mol. The number of aromatic nitrogens is 1. The zero-order valence-electron chi connectivity index (χ0n) is 13.5. The normalized spacial score (nSPS) is 18.8. The molecule has 0 saturated heterocycles. The van der Waals surface area contributed by atoms with E-state index in [1.165, 1.54) is 13.1 Å². The largest absolute Gasteiger partial charge is 0.433 e. The fourth-order valence-electron chi connectivity index (χ4n) is 2.89. The molecule has 1 unspecified atom stereocenters. The zero-order valence-corrected chi connectivity index (χ0v) is 13.5. The average molecular weight is 347 g/mol. The molecule has 1 N–H and O–H groups in total. The first-order valence-corrected chi connectivity index (χ1v) is 7.80. The van der Waals surface area contributed by atoms with Gasteiger partial charge >= 0.3 is 6.18 Å². The fraction of sp³-hybridized carbons (Fsp3) is 0.278. The first-order chi connectivity index (χ1) is 11.9. The molecule has 1 aromatic carbocycles. The van der Waals surface area contributed by atoms with Crippen LogP contribution >= 0.6 is 0 Å². The summed E-state index contributed by atoms with van der Waals surface area (Å²) in [5.74, 6) is -0.879. The van der Waals surface area contributed by atoms with E-state index in [9.17, 15) is 18.0 Å². The minimum absolute atomic E-state index is 0.134. The molecule has 0 spiro atoms. The van der Waals surface area contributed by atoms with Gasteiger partial charge in [0.25, 0.3) is 0 Å². The second-order valence-corrected chi connectivity index (χ2v) is 5.77. The lowest BCUT2D eigenvalue weighted by atomic mass is 9.89. The molecule has 0 saturated carbocycles. The molecule has 7 heteroatoms. The highest BCUT2D eigenvalue weighted by molar-refractivity contribution is 6.13. The van der Waals surface area contributed by atoms with Gasteiger partial charge in [-0.05, 0) is 30.5 Å². The number of carbonyl (C=O) groups is 1. The van der Waals surface area contributed by atoms with E-state index in [1.54, 1.807) is 0 Å². The van der Waals surface area contributed by atoms with Gasteiger partial charge in [0, 0.05) is 12.6 Å². The molecule has 0 aliphatic carbocycles. The summed E-state index contributed by atoms with van der Waals surface area (Å²) in [6.45, 7) is 0. The molecule has 1 aliphatic rings. The minimum Gasteiger partial charge on any atom is -0.310 e. The van der Waals surface area contributed by atoms with Crippen molar-refractivity contribution in [1.29, 1.82) is 0 Å². The first kappa shape index (κ1) is 17.1. The Bertz CT molecular complexity index is 816. The van der Waals surface area contributed by atoms with E-state index in [0.29, 0.717) is 18.4 Å². The predicted octanol–water partition coefficient (Wildman–Crippen LogP) is 3.32. The summed E-state index contributed by atoms with van der Waals surface area (Å²) in [4.78, 5) is 20.1. The van der Waals surface area contributed by atoms with Crippen LogP contribution in [-0.4, -0.2) is 23.8 Å². The van der Waals surface area contributed by atoms with Gasteiger partial charge in [-0.25, -0.2) is 4.98 Å². The highest BCUT2D eigenvalue weighted by Gasteiger charge is 2.37. The van der Waals surface area contributed by atoms with Crippen LogP contribution in [-0.2, 0) is 17.4 Å². The van der Waals surface area contributed by atoms with Gasteiger partial charge in [0.05, 0.1) is 11.6 Å². The van der Waals surface area contributed by atoms with Crippen LogP contribution in [0.15, 0.2) is 47.5 Å². The Morgan fingerprint density at radius 3 is 2.52 bits per heavy atom. The molecule has 1 amide bonds. The second kappa shape index (κ2) is 6.66. The van der Waals surface area contributed by atoms with Gasteiger partial charge in [-0.3, -0.25) is 9.79 Å². The molecule has 130 valence electrons. The molecule has 4 nitrogen and oxygen atoms in total. The summed E-state index contributed by atoms with van der Waals surface area (Å²) in [5, 5.41) is 2.66. The van der Waals surface area contributed by atoms with Gasteiger partial charge in [0.15, 0.2) is 0 Å². The summed E-state index contributed by atoms with van der Waals surface area (Å²) in [6, 6.07) is 11.7. The van der Waals surface area contributed by atoms with Gasteiger partial charge in [-0.2, -0.15) is 13.2 Å². The number of pyridine rings is 1. The second-order valence-electron chi connectivity index (χ2n) is 5.77. The van der Waals surface area contributed by atoms with Crippen LogP contribution in [0, 0.1) is 0 Å². The van der Waals surface area contributed by atoms with Gasteiger partial charge in [-0.15, -0.1) is 0 Å². The molecule has 0 fully saturated rings. The van der Waals surface area contributed by atoms with Crippen LogP contribution in [0.3, 0.4) is 0 Å². The Balaban J connectivity index is 1.97. The van der Waals surface area contributed by atoms with E-state index in [4.69, 9.17) is 0 Å². The maximum Gasteiger partial charge on any atom is 0.433 e. The Hall–Kier alpha value is -2.70. The number of amidine groups is 1.